The lowest BCUT2D eigenvalue weighted by atomic mass is 10.1. The summed E-state index contributed by atoms with van der Waals surface area (Å²) in [4.78, 5) is 9.22. The highest BCUT2D eigenvalue weighted by molar-refractivity contribution is 6.69. The monoisotopic (exact) mass is 512 g/mol. The van der Waals surface area contributed by atoms with Crippen molar-refractivity contribution in [2.45, 2.75) is 129 Å². The first-order valence-electron chi connectivity index (χ1n) is 14.6. The zero-order chi connectivity index (χ0) is 26.1. The molecule has 0 radical (unpaired) electrons. The molecule has 0 aliphatic carbocycles. The summed E-state index contributed by atoms with van der Waals surface area (Å²) in [6, 6.07) is 8.33. The fraction of sp³-hybridized carbons (Fsp3) is 0.677. The number of hydrogen-bond acceptors (Lipinski definition) is 4. The van der Waals surface area contributed by atoms with Gasteiger partial charge in [0.25, 0.3) is 0 Å². The fourth-order valence-electron chi connectivity index (χ4n) is 4.53. The van der Waals surface area contributed by atoms with Crippen molar-refractivity contribution < 1.29 is 9.16 Å². The van der Waals surface area contributed by atoms with Gasteiger partial charge in [-0.05, 0) is 63.5 Å². The van der Waals surface area contributed by atoms with Crippen LogP contribution in [0.4, 0.5) is 0 Å². The Hall–Kier alpha value is -1.72. The van der Waals surface area contributed by atoms with E-state index in [4.69, 9.17) is 9.16 Å². The molecule has 1 aromatic carbocycles. The molecule has 5 heteroatoms. The Balaban J connectivity index is 1.59. The van der Waals surface area contributed by atoms with E-state index in [1.165, 1.54) is 70.6 Å². The third-order valence-electron chi connectivity index (χ3n) is 6.48. The van der Waals surface area contributed by atoms with Gasteiger partial charge in [0.1, 0.15) is 11.6 Å². The van der Waals surface area contributed by atoms with Gasteiger partial charge in [-0.3, -0.25) is 0 Å². The van der Waals surface area contributed by atoms with E-state index in [1.807, 2.05) is 12.4 Å². The normalized spacial score (nSPS) is 12.6. The fourth-order valence-corrected chi connectivity index (χ4v) is 5.86. The Morgan fingerprint density at radius 3 is 1.94 bits per heavy atom. The van der Waals surface area contributed by atoms with E-state index in [2.05, 4.69) is 67.7 Å². The van der Waals surface area contributed by atoms with Crippen molar-refractivity contribution in [2.24, 2.45) is 0 Å². The molecule has 202 valence electrons. The summed E-state index contributed by atoms with van der Waals surface area (Å²) in [5, 5.41) is 0. The van der Waals surface area contributed by atoms with E-state index in [0.29, 0.717) is 6.10 Å². The van der Waals surface area contributed by atoms with Gasteiger partial charge in [-0.2, -0.15) is 0 Å². The summed E-state index contributed by atoms with van der Waals surface area (Å²) in [6.07, 6.45) is 21.9. The molecule has 36 heavy (non-hydrogen) atoms. The quantitative estimate of drug-likeness (QED) is 0.131. The molecule has 2 rings (SSSR count). The Bertz CT molecular complexity index is 803. The Morgan fingerprint density at radius 1 is 0.722 bits per heavy atom. The van der Waals surface area contributed by atoms with Crippen molar-refractivity contribution in [1.82, 2.24) is 9.97 Å². The van der Waals surface area contributed by atoms with Gasteiger partial charge in [0.05, 0.1) is 6.61 Å². The molecule has 2 aromatic rings. The van der Waals surface area contributed by atoms with Crippen LogP contribution >= 0.6 is 0 Å². The number of aromatic nitrogens is 2. The highest BCUT2D eigenvalue weighted by atomic mass is 28.4. The standard InChI is InChI=1S/C31H52N2O2Si/c1-6-7-8-9-10-11-14-17-24-34-30-22-20-28(21-23-30)29-25-32-31(33-26-29)19-16-13-12-15-18-27(2)35-36(3,4)5/h20-23,25-27H,6-19,24H2,1-5H3. The molecule has 4 nitrogen and oxygen atoms in total. The molecule has 0 N–H and O–H groups in total. The van der Waals surface area contributed by atoms with E-state index in [-0.39, 0.29) is 0 Å². The van der Waals surface area contributed by atoms with Crippen LogP contribution in [0.2, 0.25) is 19.6 Å². The average molecular weight is 513 g/mol. The molecule has 0 spiro atoms. The van der Waals surface area contributed by atoms with Gasteiger partial charge in [-0.15, -0.1) is 0 Å². The van der Waals surface area contributed by atoms with Crippen LogP contribution in [0.15, 0.2) is 36.7 Å². The Labute approximate surface area is 222 Å². The molecule has 1 aromatic heterocycles. The van der Waals surface area contributed by atoms with Crippen molar-refractivity contribution in [3.63, 3.8) is 0 Å². The van der Waals surface area contributed by atoms with Gasteiger partial charge in [-0.1, -0.05) is 83.3 Å². The average Bonchev–Trinajstić information content (AvgIpc) is 2.85. The van der Waals surface area contributed by atoms with Gasteiger partial charge in [-0.25, -0.2) is 9.97 Å². The molecule has 1 heterocycles. The molecule has 0 saturated heterocycles. The van der Waals surface area contributed by atoms with Gasteiger partial charge in [0, 0.05) is 30.5 Å². The van der Waals surface area contributed by atoms with Crippen LogP contribution < -0.4 is 4.74 Å². The molecule has 1 unspecified atom stereocenters. The van der Waals surface area contributed by atoms with Crippen LogP contribution in [-0.4, -0.2) is 31.0 Å². The second kappa shape index (κ2) is 17.7. The van der Waals surface area contributed by atoms with E-state index in [0.717, 1.165) is 48.6 Å². The third kappa shape index (κ3) is 14.1. The summed E-state index contributed by atoms with van der Waals surface area (Å²) < 4.78 is 12.1. The summed E-state index contributed by atoms with van der Waals surface area (Å²) in [7, 11) is -1.41. The smallest absolute Gasteiger partial charge is 0.184 e. The number of unbranched alkanes of at least 4 members (excludes halogenated alkanes) is 10. The maximum absolute atomic E-state index is 6.12. The number of rotatable bonds is 20. The molecule has 0 bridgehead atoms. The van der Waals surface area contributed by atoms with Gasteiger partial charge >= 0.3 is 0 Å². The summed E-state index contributed by atoms with van der Waals surface area (Å²) in [5.41, 5.74) is 2.19. The lowest BCUT2D eigenvalue weighted by molar-refractivity contribution is 0.199. The Kier molecular flexibility index (Phi) is 15.0. The van der Waals surface area contributed by atoms with Crippen LogP contribution in [0.3, 0.4) is 0 Å². The molecule has 0 aliphatic heterocycles. The zero-order valence-electron chi connectivity index (χ0n) is 23.9. The first-order chi connectivity index (χ1) is 17.4. The number of hydrogen-bond donors (Lipinski definition) is 0. The predicted molar refractivity (Wildman–Crippen MR) is 156 cm³/mol. The minimum atomic E-state index is -1.41. The largest absolute Gasteiger partial charge is 0.494 e. The van der Waals surface area contributed by atoms with Crippen LogP contribution in [-0.2, 0) is 10.8 Å². The van der Waals surface area contributed by atoms with E-state index in [1.54, 1.807) is 0 Å². The lowest BCUT2D eigenvalue weighted by Gasteiger charge is -2.23. The predicted octanol–water partition coefficient (Wildman–Crippen LogP) is 9.40. The van der Waals surface area contributed by atoms with Crippen LogP contribution in [0, 0.1) is 0 Å². The van der Waals surface area contributed by atoms with E-state index < -0.39 is 8.32 Å². The maximum Gasteiger partial charge on any atom is 0.184 e. The van der Waals surface area contributed by atoms with E-state index >= 15 is 0 Å². The first-order valence-corrected chi connectivity index (χ1v) is 18.0. The zero-order valence-corrected chi connectivity index (χ0v) is 24.9. The summed E-state index contributed by atoms with van der Waals surface area (Å²) >= 11 is 0. The molecule has 0 saturated carbocycles. The molecule has 0 aliphatic rings. The number of aryl methyl sites for hydroxylation is 1. The number of nitrogens with zero attached hydrogens (tertiary/aromatic N) is 2. The van der Waals surface area contributed by atoms with Gasteiger partial charge < -0.3 is 9.16 Å². The highest BCUT2D eigenvalue weighted by Gasteiger charge is 2.17. The lowest BCUT2D eigenvalue weighted by Crippen LogP contribution is -2.30. The number of benzene rings is 1. The van der Waals surface area contributed by atoms with Crippen molar-refractivity contribution in [3.8, 4) is 16.9 Å². The van der Waals surface area contributed by atoms with Gasteiger partial charge in [0.15, 0.2) is 8.32 Å². The third-order valence-corrected chi connectivity index (χ3v) is 7.58. The molecule has 1 atom stereocenters. The summed E-state index contributed by atoms with van der Waals surface area (Å²) in [5.74, 6) is 1.89. The molecule has 0 fully saturated rings. The number of ether oxygens (including phenoxy) is 1. The van der Waals surface area contributed by atoms with Crippen molar-refractivity contribution >= 4 is 8.32 Å². The van der Waals surface area contributed by atoms with E-state index in [9.17, 15) is 0 Å². The summed E-state index contributed by atoms with van der Waals surface area (Å²) in [6.45, 7) is 12.1. The topological polar surface area (TPSA) is 44.2 Å². The van der Waals surface area contributed by atoms with Crippen molar-refractivity contribution in [2.75, 3.05) is 6.61 Å². The van der Waals surface area contributed by atoms with Crippen molar-refractivity contribution in [1.29, 1.82) is 0 Å². The maximum atomic E-state index is 6.12. The second-order valence-electron chi connectivity index (χ2n) is 11.2. The SMILES string of the molecule is CCCCCCCCCCOc1ccc(-c2cnc(CCCCCCC(C)O[Si](C)(C)C)nc2)cc1. The van der Waals surface area contributed by atoms with Crippen LogP contribution in [0.1, 0.15) is 103 Å². The highest BCUT2D eigenvalue weighted by Crippen LogP contribution is 2.22. The molecular weight excluding hydrogens is 460 g/mol. The minimum Gasteiger partial charge on any atom is -0.494 e. The first kappa shape index (κ1) is 30.5. The molecular formula is C31H52N2O2Si. The van der Waals surface area contributed by atoms with Crippen LogP contribution in [0.25, 0.3) is 11.1 Å². The Morgan fingerprint density at radius 2 is 1.31 bits per heavy atom. The second-order valence-corrected chi connectivity index (χ2v) is 15.7. The van der Waals surface area contributed by atoms with Crippen LogP contribution in [0.5, 0.6) is 5.75 Å². The minimum absolute atomic E-state index is 0.392. The van der Waals surface area contributed by atoms with Gasteiger partial charge in [0.2, 0.25) is 0 Å². The molecule has 0 amide bonds. The van der Waals surface area contributed by atoms with Crippen molar-refractivity contribution in [3.05, 3.63) is 42.5 Å².